The molecule has 0 bridgehead atoms. The van der Waals surface area contributed by atoms with Gasteiger partial charge in [0.1, 0.15) is 0 Å². The molecular formula is C12H23NO3. The molecule has 0 saturated carbocycles. The lowest BCUT2D eigenvalue weighted by Crippen LogP contribution is -2.58. The molecule has 0 amide bonds. The first-order valence-corrected chi connectivity index (χ1v) is 5.91. The topological polar surface area (TPSA) is 49.8 Å². The van der Waals surface area contributed by atoms with Gasteiger partial charge >= 0.3 is 5.97 Å². The Labute approximate surface area is 97.6 Å². The highest BCUT2D eigenvalue weighted by molar-refractivity contribution is 5.77. The molecule has 0 aromatic rings. The molecule has 0 aliphatic carbocycles. The SMILES string of the molecule is CCOC(=O)C(C)(C)C1(O)CCCN(C)C1. The van der Waals surface area contributed by atoms with Crippen molar-refractivity contribution in [1.82, 2.24) is 4.90 Å². The predicted octanol–water partition coefficient (Wildman–Crippen LogP) is 1.03. The number of likely N-dealkylation sites (tertiary alicyclic amines) is 1. The number of aliphatic hydroxyl groups is 1. The lowest BCUT2D eigenvalue weighted by Gasteiger charge is -2.46. The number of rotatable bonds is 3. The summed E-state index contributed by atoms with van der Waals surface area (Å²) in [6.07, 6.45) is 1.57. The Morgan fingerprint density at radius 1 is 1.56 bits per heavy atom. The van der Waals surface area contributed by atoms with E-state index in [-0.39, 0.29) is 5.97 Å². The first-order chi connectivity index (χ1) is 7.33. The van der Waals surface area contributed by atoms with Crippen LogP contribution in [0.25, 0.3) is 0 Å². The number of likely N-dealkylation sites (N-methyl/N-ethyl adjacent to an activating group) is 1. The first-order valence-electron chi connectivity index (χ1n) is 5.91. The monoisotopic (exact) mass is 229 g/mol. The summed E-state index contributed by atoms with van der Waals surface area (Å²) in [4.78, 5) is 13.9. The van der Waals surface area contributed by atoms with Crippen molar-refractivity contribution in [1.29, 1.82) is 0 Å². The Morgan fingerprint density at radius 2 is 2.19 bits per heavy atom. The highest BCUT2D eigenvalue weighted by atomic mass is 16.5. The number of esters is 1. The lowest BCUT2D eigenvalue weighted by atomic mass is 9.70. The number of ether oxygens (including phenoxy) is 1. The maximum atomic E-state index is 11.9. The normalized spacial score (nSPS) is 27.8. The molecule has 94 valence electrons. The van der Waals surface area contributed by atoms with E-state index in [0.29, 0.717) is 19.6 Å². The Morgan fingerprint density at radius 3 is 2.69 bits per heavy atom. The van der Waals surface area contributed by atoms with Crippen LogP contribution in [-0.4, -0.2) is 48.3 Å². The van der Waals surface area contributed by atoms with E-state index < -0.39 is 11.0 Å². The van der Waals surface area contributed by atoms with Crippen LogP contribution < -0.4 is 0 Å². The number of nitrogens with zero attached hydrogens (tertiary/aromatic N) is 1. The molecule has 1 saturated heterocycles. The van der Waals surface area contributed by atoms with E-state index in [4.69, 9.17) is 4.74 Å². The first kappa shape index (κ1) is 13.5. The summed E-state index contributed by atoms with van der Waals surface area (Å²) in [6, 6.07) is 0. The second kappa shape index (κ2) is 4.72. The van der Waals surface area contributed by atoms with Crippen molar-refractivity contribution in [3.63, 3.8) is 0 Å². The van der Waals surface area contributed by atoms with Crippen LogP contribution in [0.1, 0.15) is 33.6 Å². The van der Waals surface area contributed by atoms with Gasteiger partial charge < -0.3 is 14.7 Å². The Bertz CT molecular complexity index is 265. The summed E-state index contributed by atoms with van der Waals surface area (Å²) in [5, 5.41) is 10.6. The van der Waals surface area contributed by atoms with E-state index in [0.717, 1.165) is 13.0 Å². The molecule has 1 fully saturated rings. The fraction of sp³-hybridized carbons (Fsp3) is 0.917. The van der Waals surface area contributed by atoms with E-state index in [2.05, 4.69) is 4.90 Å². The van der Waals surface area contributed by atoms with Crippen LogP contribution in [0.4, 0.5) is 0 Å². The predicted molar refractivity (Wildman–Crippen MR) is 62.1 cm³/mol. The van der Waals surface area contributed by atoms with Crippen LogP contribution in [0.15, 0.2) is 0 Å². The van der Waals surface area contributed by atoms with E-state index in [1.165, 1.54) is 0 Å². The molecule has 1 atom stereocenters. The van der Waals surface area contributed by atoms with Gasteiger partial charge in [0, 0.05) is 6.54 Å². The number of hydrogen-bond donors (Lipinski definition) is 1. The van der Waals surface area contributed by atoms with Crippen molar-refractivity contribution >= 4 is 5.97 Å². The zero-order valence-corrected chi connectivity index (χ0v) is 10.7. The zero-order chi connectivity index (χ0) is 12.4. The molecule has 0 aromatic carbocycles. The molecule has 0 radical (unpaired) electrons. The molecule has 1 aliphatic heterocycles. The lowest BCUT2D eigenvalue weighted by molar-refractivity contribution is -0.177. The van der Waals surface area contributed by atoms with Gasteiger partial charge in [0.05, 0.1) is 17.6 Å². The third-order valence-electron chi connectivity index (χ3n) is 3.61. The van der Waals surface area contributed by atoms with E-state index in [1.54, 1.807) is 20.8 Å². The second-order valence-electron chi connectivity index (χ2n) is 5.22. The smallest absolute Gasteiger partial charge is 0.314 e. The second-order valence-corrected chi connectivity index (χ2v) is 5.22. The van der Waals surface area contributed by atoms with E-state index in [9.17, 15) is 9.90 Å². The fourth-order valence-electron chi connectivity index (χ4n) is 2.26. The maximum Gasteiger partial charge on any atom is 0.314 e. The number of carbonyl (C=O) groups is 1. The Kier molecular flexibility index (Phi) is 3.97. The highest BCUT2D eigenvalue weighted by Gasteiger charge is 2.51. The zero-order valence-electron chi connectivity index (χ0n) is 10.7. The minimum atomic E-state index is -0.980. The molecule has 4 heteroatoms. The molecule has 1 rings (SSSR count). The van der Waals surface area contributed by atoms with Crippen LogP contribution in [0.3, 0.4) is 0 Å². The summed E-state index contributed by atoms with van der Waals surface area (Å²) in [5.41, 5.74) is -1.83. The quantitative estimate of drug-likeness (QED) is 0.734. The maximum absolute atomic E-state index is 11.9. The van der Waals surface area contributed by atoms with Gasteiger partial charge in [-0.25, -0.2) is 0 Å². The van der Waals surface area contributed by atoms with Gasteiger partial charge in [-0.15, -0.1) is 0 Å². The summed E-state index contributed by atoms with van der Waals surface area (Å²) in [7, 11) is 1.96. The van der Waals surface area contributed by atoms with Crippen molar-refractivity contribution in [2.45, 2.75) is 39.2 Å². The van der Waals surface area contributed by atoms with Crippen molar-refractivity contribution in [3.05, 3.63) is 0 Å². The number of β-amino-alcohol motifs (C(OH)–C–C–N with tert-alkyl or cyclic N) is 1. The fourth-order valence-corrected chi connectivity index (χ4v) is 2.26. The molecule has 0 spiro atoms. The third kappa shape index (κ3) is 2.38. The molecular weight excluding hydrogens is 206 g/mol. The summed E-state index contributed by atoms with van der Waals surface area (Å²) >= 11 is 0. The minimum Gasteiger partial charge on any atom is -0.465 e. The Balaban J connectivity index is 2.83. The molecule has 1 unspecified atom stereocenters. The van der Waals surface area contributed by atoms with Crippen LogP contribution in [-0.2, 0) is 9.53 Å². The molecule has 1 heterocycles. The van der Waals surface area contributed by atoms with E-state index in [1.807, 2.05) is 7.05 Å². The van der Waals surface area contributed by atoms with Crippen molar-refractivity contribution in [3.8, 4) is 0 Å². The highest BCUT2D eigenvalue weighted by Crippen LogP contribution is 2.38. The summed E-state index contributed by atoms with van der Waals surface area (Å²) in [6.45, 7) is 7.17. The van der Waals surface area contributed by atoms with Gasteiger partial charge in [0.15, 0.2) is 0 Å². The summed E-state index contributed by atoms with van der Waals surface area (Å²) in [5.74, 6) is -0.312. The van der Waals surface area contributed by atoms with Crippen molar-refractivity contribution in [2.75, 3.05) is 26.7 Å². The van der Waals surface area contributed by atoms with Crippen LogP contribution in [0, 0.1) is 5.41 Å². The average Bonchev–Trinajstić information content (AvgIpc) is 2.17. The van der Waals surface area contributed by atoms with Gasteiger partial charge in [0.25, 0.3) is 0 Å². The molecule has 16 heavy (non-hydrogen) atoms. The van der Waals surface area contributed by atoms with E-state index >= 15 is 0 Å². The standard InChI is InChI=1S/C12H23NO3/c1-5-16-10(14)11(2,3)12(15)7-6-8-13(4)9-12/h15H,5-9H2,1-4H3. The van der Waals surface area contributed by atoms with Gasteiger partial charge in [-0.3, -0.25) is 4.79 Å². The number of piperidine rings is 1. The van der Waals surface area contributed by atoms with Crippen LogP contribution in [0.5, 0.6) is 0 Å². The number of hydrogen-bond acceptors (Lipinski definition) is 4. The largest absolute Gasteiger partial charge is 0.465 e. The third-order valence-corrected chi connectivity index (χ3v) is 3.61. The molecule has 1 aliphatic rings. The number of carbonyl (C=O) groups excluding carboxylic acids is 1. The van der Waals surface area contributed by atoms with Gasteiger partial charge in [-0.2, -0.15) is 0 Å². The van der Waals surface area contributed by atoms with Crippen LogP contribution >= 0.6 is 0 Å². The molecule has 4 nitrogen and oxygen atoms in total. The van der Waals surface area contributed by atoms with Gasteiger partial charge in [0.2, 0.25) is 0 Å². The average molecular weight is 229 g/mol. The van der Waals surface area contributed by atoms with Crippen LogP contribution in [0.2, 0.25) is 0 Å². The van der Waals surface area contributed by atoms with Crippen molar-refractivity contribution in [2.24, 2.45) is 5.41 Å². The minimum absolute atomic E-state index is 0.312. The summed E-state index contributed by atoms with van der Waals surface area (Å²) < 4.78 is 5.04. The Hall–Kier alpha value is -0.610. The van der Waals surface area contributed by atoms with Gasteiger partial charge in [-0.05, 0) is 47.2 Å². The van der Waals surface area contributed by atoms with Gasteiger partial charge in [-0.1, -0.05) is 0 Å². The molecule has 1 N–H and O–H groups in total. The molecule has 0 aromatic heterocycles. The van der Waals surface area contributed by atoms with Crippen molar-refractivity contribution < 1.29 is 14.6 Å².